The highest BCUT2D eigenvalue weighted by Crippen LogP contribution is 2.22. The fourth-order valence-electron chi connectivity index (χ4n) is 1.54. The Hall–Kier alpha value is -1.45. The van der Waals surface area contributed by atoms with Crippen LogP contribution in [-0.4, -0.2) is 38.6 Å². The summed E-state index contributed by atoms with van der Waals surface area (Å²) in [6.07, 6.45) is 0.346. The van der Waals surface area contributed by atoms with Crippen LogP contribution in [0.25, 0.3) is 0 Å². The van der Waals surface area contributed by atoms with E-state index in [9.17, 15) is 18.0 Å². The molecule has 1 atom stereocenters. The third kappa shape index (κ3) is 5.10. The Morgan fingerprint density at radius 1 is 1.43 bits per heavy atom. The van der Waals surface area contributed by atoms with E-state index in [1.807, 2.05) is 6.92 Å². The first-order valence-electron chi connectivity index (χ1n) is 6.20. The van der Waals surface area contributed by atoms with E-state index in [-0.39, 0.29) is 17.1 Å². The Kier molecular flexibility index (Phi) is 6.31. The topological polar surface area (TPSA) is 110 Å². The number of nitrogens with one attached hydrogen (secondary N) is 1. The van der Waals surface area contributed by atoms with Gasteiger partial charge in [-0.3, -0.25) is 9.59 Å². The van der Waals surface area contributed by atoms with Crippen LogP contribution >= 0.6 is 11.3 Å². The van der Waals surface area contributed by atoms with Crippen molar-refractivity contribution in [3.8, 4) is 0 Å². The number of methoxy groups -OCH3 is 1. The summed E-state index contributed by atoms with van der Waals surface area (Å²) in [4.78, 5) is 23.0. The van der Waals surface area contributed by atoms with Crippen LogP contribution in [0, 0.1) is 0 Å². The van der Waals surface area contributed by atoms with Gasteiger partial charge in [0.25, 0.3) is 10.0 Å². The molecule has 0 bridgehead atoms. The zero-order valence-corrected chi connectivity index (χ0v) is 13.3. The second kappa shape index (κ2) is 7.53. The molecular formula is C12H17NO6S2. The van der Waals surface area contributed by atoms with Gasteiger partial charge in [0.1, 0.15) is 10.3 Å². The monoisotopic (exact) mass is 335 g/mol. The summed E-state index contributed by atoms with van der Waals surface area (Å²) in [6.45, 7) is 1.89. The predicted molar refractivity (Wildman–Crippen MR) is 76.7 cm³/mol. The molecule has 9 heteroatoms. The van der Waals surface area contributed by atoms with Crippen molar-refractivity contribution in [2.75, 3.05) is 7.11 Å². The van der Waals surface area contributed by atoms with E-state index in [2.05, 4.69) is 9.46 Å². The van der Waals surface area contributed by atoms with Crippen molar-refractivity contribution in [2.24, 2.45) is 0 Å². The van der Waals surface area contributed by atoms with Gasteiger partial charge in [-0.15, -0.1) is 11.3 Å². The van der Waals surface area contributed by atoms with E-state index in [4.69, 9.17) is 5.11 Å². The molecule has 0 radical (unpaired) electrons. The SMILES string of the molecule is CCc1ccc(S(=O)(=O)N[C@@H](CCC(=O)OC)C(=O)O)s1. The van der Waals surface area contributed by atoms with Crippen LogP contribution in [0.3, 0.4) is 0 Å². The van der Waals surface area contributed by atoms with Crippen molar-refractivity contribution in [1.82, 2.24) is 4.72 Å². The number of carbonyl (C=O) groups excluding carboxylic acids is 1. The molecule has 0 unspecified atom stereocenters. The van der Waals surface area contributed by atoms with Gasteiger partial charge in [0, 0.05) is 11.3 Å². The lowest BCUT2D eigenvalue weighted by atomic mass is 10.2. The van der Waals surface area contributed by atoms with Gasteiger partial charge in [-0.25, -0.2) is 8.42 Å². The van der Waals surface area contributed by atoms with E-state index in [0.717, 1.165) is 16.2 Å². The normalized spacial score (nSPS) is 12.9. The number of hydrogen-bond donors (Lipinski definition) is 2. The van der Waals surface area contributed by atoms with Crippen LogP contribution < -0.4 is 4.72 Å². The van der Waals surface area contributed by atoms with E-state index < -0.39 is 28.0 Å². The van der Waals surface area contributed by atoms with Crippen LogP contribution in [0.1, 0.15) is 24.6 Å². The van der Waals surface area contributed by atoms with Crippen LogP contribution in [0.5, 0.6) is 0 Å². The molecule has 1 aromatic rings. The van der Waals surface area contributed by atoms with Crippen molar-refractivity contribution in [3.05, 3.63) is 17.0 Å². The lowest BCUT2D eigenvalue weighted by Gasteiger charge is -2.13. The summed E-state index contributed by atoms with van der Waals surface area (Å²) >= 11 is 1.09. The molecule has 7 nitrogen and oxygen atoms in total. The molecular weight excluding hydrogens is 318 g/mol. The number of esters is 1. The predicted octanol–water partition coefficient (Wildman–Crippen LogP) is 0.995. The smallest absolute Gasteiger partial charge is 0.321 e. The van der Waals surface area contributed by atoms with Crippen LogP contribution in [0.2, 0.25) is 0 Å². The number of aliphatic carboxylic acids is 1. The summed E-state index contributed by atoms with van der Waals surface area (Å²) in [5, 5.41) is 9.04. The molecule has 0 amide bonds. The summed E-state index contributed by atoms with van der Waals surface area (Å²) in [7, 11) is -2.73. The molecule has 1 aromatic heterocycles. The van der Waals surface area contributed by atoms with Crippen molar-refractivity contribution < 1.29 is 27.9 Å². The highest BCUT2D eigenvalue weighted by atomic mass is 32.2. The van der Waals surface area contributed by atoms with Crippen molar-refractivity contribution in [1.29, 1.82) is 0 Å². The Labute approximate surface area is 127 Å². The third-order valence-electron chi connectivity index (χ3n) is 2.71. The number of carboxylic acids is 1. The second-order valence-corrected chi connectivity index (χ2v) is 7.31. The van der Waals surface area contributed by atoms with Crippen LogP contribution in [0.15, 0.2) is 16.3 Å². The molecule has 0 aromatic carbocycles. The number of sulfonamides is 1. The quantitative estimate of drug-likeness (QED) is 0.686. The van der Waals surface area contributed by atoms with E-state index >= 15 is 0 Å². The van der Waals surface area contributed by atoms with Gasteiger partial charge in [-0.2, -0.15) is 4.72 Å². The molecule has 0 aliphatic rings. The zero-order valence-electron chi connectivity index (χ0n) is 11.7. The number of ether oxygens (including phenoxy) is 1. The number of carbonyl (C=O) groups is 2. The third-order valence-corrected chi connectivity index (χ3v) is 5.90. The molecule has 118 valence electrons. The number of thiophene rings is 1. The molecule has 2 N–H and O–H groups in total. The first kappa shape index (κ1) is 17.6. The maximum absolute atomic E-state index is 12.1. The lowest BCUT2D eigenvalue weighted by Crippen LogP contribution is -2.40. The minimum atomic E-state index is -3.91. The summed E-state index contributed by atoms with van der Waals surface area (Å²) in [6, 6.07) is 1.75. The van der Waals surface area contributed by atoms with E-state index in [0.29, 0.717) is 6.42 Å². The van der Waals surface area contributed by atoms with Gasteiger partial charge in [0.15, 0.2) is 0 Å². The maximum Gasteiger partial charge on any atom is 0.321 e. The molecule has 1 rings (SSSR count). The Balaban J connectivity index is 2.82. The zero-order chi connectivity index (χ0) is 16.0. The van der Waals surface area contributed by atoms with Gasteiger partial charge in [-0.1, -0.05) is 6.92 Å². The lowest BCUT2D eigenvalue weighted by molar-refractivity contribution is -0.142. The largest absolute Gasteiger partial charge is 0.480 e. The van der Waals surface area contributed by atoms with Crippen molar-refractivity contribution >= 4 is 33.3 Å². The Morgan fingerprint density at radius 2 is 2.10 bits per heavy atom. The first-order chi connectivity index (χ1) is 9.80. The highest BCUT2D eigenvalue weighted by Gasteiger charge is 2.27. The maximum atomic E-state index is 12.1. The molecule has 0 saturated heterocycles. The van der Waals surface area contributed by atoms with Crippen LogP contribution in [0.4, 0.5) is 0 Å². The Morgan fingerprint density at radius 3 is 2.57 bits per heavy atom. The van der Waals surface area contributed by atoms with Gasteiger partial charge in [0.05, 0.1) is 7.11 Å². The minimum absolute atomic E-state index is 0.0590. The molecule has 1 heterocycles. The molecule has 0 fully saturated rings. The fraction of sp³-hybridized carbons (Fsp3) is 0.500. The average molecular weight is 335 g/mol. The summed E-state index contributed by atoms with van der Waals surface area (Å²) in [5.74, 6) is -1.93. The number of aryl methyl sites for hydroxylation is 1. The summed E-state index contributed by atoms with van der Waals surface area (Å²) < 4.78 is 30.8. The number of rotatable bonds is 8. The van der Waals surface area contributed by atoms with Crippen LogP contribution in [-0.2, 0) is 30.8 Å². The standard InChI is InChI=1S/C12H17NO6S2/c1-3-8-4-7-11(20-8)21(17,18)13-9(12(15)16)5-6-10(14)19-2/h4,7,9,13H,3,5-6H2,1-2H3,(H,15,16)/t9-/m0/s1. The minimum Gasteiger partial charge on any atom is -0.480 e. The Bertz CT molecular complexity index is 607. The second-order valence-electron chi connectivity index (χ2n) is 4.20. The van der Waals surface area contributed by atoms with Gasteiger partial charge >= 0.3 is 11.9 Å². The van der Waals surface area contributed by atoms with E-state index in [1.54, 1.807) is 6.07 Å². The first-order valence-corrected chi connectivity index (χ1v) is 8.50. The van der Waals surface area contributed by atoms with Gasteiger partial charge in [-0.05, 0) is 25.0 Å². The molecule has 21 heavy (non-hydrogen) atoms. The van der Waals surface area contributed by atoms with E-state index in [1.165, 1.54) is 13.2 Å². The van der Waals surface area contributed by atoms with Crippen molar-refractivity contribution in [3.63, 3.8) is 0 Å². The summed E-state index contributed by atoms with van der Waals surface area (Å²) in [5.41, 5.74) is 0. The highest BCUT2D eigenvalue weighted by molar-refractivity contribution is 7.91. The number of carboxylic acid groups (broad SMARTS) is 1. The molecule has 0 saturated carbocycles. The number of hydrogen-bond acceptors (Lipinski definition) is 6. The van der Waals surface area contributed by atoms with Gasteiger partial charge < -0.3 is 9.84 Å². The molecule has 0 spiro atoms. The average Bonchev–Trinajstić information content (AvgIpc) is 2.92. The fourth-order valence-corrected chi connectivity index (χ4v) is 4.07. The molecule has 0 aliphatic heterocycles. The van der Waals surface area contributed by atoms with Gasteiger partial charge in [0.2, 0.25) is 0 Å². The molecule has 0 aliphatic carbocycles. The van der Waals surface area contributed by atoms with Crippen molar-refractivity contribution in [2.45, 2.75) is 36.4 Å².